The summed E-state index contributed by atoms with van der Waals surface area (Å²) in [5.41, 5.74) is -0.889. The van der Waals surface area contributed by atoms with E-state index in [0.29, 0.717) is 5.46 Å². The van der Waals surface area contributed by atoms with Gasteiger partial charge in [-0.3, -0.25) is 4.79 Å². The molecule has 1 aromatic carbocycles. The summed E-state index contributed by atoms with van der Waals surface area (Å²) in [4.78, 5) is 11.1. The van der Waals surface area contributed by atoms with Crippen molar-refractivity contribution in [2.45, 2.75) is 45.1 Å². The molecule has 1 heterocycles. The van der Waals surface area contributed by atoms with E-state index in [1.165, 1.54) is 12.1 Å². The number of benzene rings is 1. The Morgan fingerprint density at radius 2 is 1.59 bits per heavy atom. The third-order valence-corrected chi connectivity index (χ3v) is 3.97. The van der Waals surface area contributed by atoms with E-state index in [1.807, 2.05) is 33.0 Å². The fourth-order valence-electron chi connectivity index (χ4n) is 1.98. The van der Waals surface area contributed by atoms with Gasteiger partial charge in [0.2, 0.25) is 0 Å². The molecule has 4 nitrogen and oxygen atoms in total. The van der Waals surface area contributed by atoms with Gasteiger partial charge in [0.15, 0.2) is 0 Å². The van der Waals surface area contributed by atoms with Crippen LogP contribution in [0.2, 0.25) is 0 Å². The van der Waals surface area contributed by atoms with Gasteiger partial charge >= 0.3 is 19.2 Å². The highest BCUT2D eigenvalue weighted by molar-refractivity contribution is 6.64. The Morgan fingerprint density at radius 3 is 2.09 bits per heavy atom. The minimum absolute atomic E-state index is 0.0170. The Balaban J connectivity index is 2.29. The average molecular weight is 315 g/mol. The van der Waals surface area contributed by atoms with E-state index in [1.54, 1.807) is 12.1 Å². The quantitative estimate of drug-likeness (QED) is 0.853. The topological polar surface area (TPSA) is 47.6 Å². The zero-order chi connectivity index (χ0) is 16.8. The van der Waals surface area contributed by atoms with Crippen LogP contribution in [0.25, 0.3) is 0 Å². The van der Waals surface area contributed by atoms with E-state index >= 15 is 0 Å². The molecule has 1 amide bonds. The van der Waals surface area contributed by atoms with Gasteiger partial charge in [-0.15, -0.1) is 0 Å². The maximum atomic E-state index is 12.4. The summed E-state index contributed by atoms with van der Waals surface area (Å²) in [7, 11) is -0.852. The van der Waals surface area contributed by atoms with E-state index in [-0.39, 0.29) is 5.69 Å². The molecule has 0 unspecified atom stereocenters. The molecule has 0 radical (unpaired) electrons. The summed E-state index contributed by atoms with van der Waals surface area (Å²) in [6.07, 6.45) is -4.96. The molecule has 0 saturated carbocycles. The second-order valence-corrected chi connectivity index (χ2v) is 6.13. The number of alkyl halides is 3. The summed E-state index contributed by atoms with van der Waals surface area (Å²) >= 11 is 0. The summed E-state index contributed by atoms with van der Waals surface area (Å²) in [5, 5.41) is 1.86. The van der Waals surface area contributed by atoms with Crippen molar-refractivity contribution >= 4 is 24.2 Å². The van der Waals surface area contributed by atoms with Crippen molar-refractivity contribution in [1.29, 1.82) is 0 Å². The SMILES string of the molecule is CC1(C)OB(c2ccccc2NC(=O)C(F)(F)F)OC1(C)C. The van der Waals surface area contributed by atoms with Crippen LogP contribution < -0.4 is 10.8 Å². The second-order valence-electron chi connectivity index (χ2n) is 6.13. The van der Waals surface area contributed by atoms with Crippen molar-refractivity contribution in [3.63, 3.8) is 0 Å². The van der Waals surface area contributed by atoms with Crippen LogP contribution in [0.15, 0.2) is 24.3 Å². The average Bonchev–Trinajstić information content (AvgIpc) is 2.57. The van der Waals surface area contributed by atoms with Gasteiger partial charge in [0.1, 0.15) is 0 Å². The molecule has 0 bridgehead atoms. The predicted octanol–water partition coefficient (Wildman–Crippen LogP) is 2.49. The molecular weight excluding hydrogens is 298 g/mol. The number of hydrogen-bond acceptors (Lipinski definition) is 3. The first-order chi connectivity index (χ1) is 9.94. The first-order valence-electron chi connectivity index (χ1n) is 6.77. The zero-order valence-electron chi connectivity index (χ0n) is 12.7. The standard InChI is InChI=1S/C14H17BF3NO3/c1-12(2)13(3,4)22-15(21-12)9-7-5-6-8-10(9)19-11(20)14(16,17)18/h5-8H,1-4H3,(H,19,20). The van der Waals surface area contributed by atoms with Crippen LogP contribution in [-0.4, -0.2) is 30.4 Å². The van der Waals surface area contributed by atoms with Crippen LogP contribution in [0.4, 0.5) is 18.9 Å². The van der Waals surface area contributed by atoms with Crippen molar-refractivity contribution in [2.75, 3.05) is 5.32 Å². The Hall–Kier alpha value is -1.54. The fourth-order valence-corrected chi connectivity index (χ4v) is 1.98. The molecule has 0 atom stereocenters. The Morgan fingerprint density at radius 1 is 1.09 bits per heavy atom. The lowest BCUT2D eigenvalue weighted by Crippen LogP contribution is -2.41. The number of nitrogens with one attached hydrogen (secondary N) is 1. The number of carbonyl (C=O) groups excluding carboxylic acids is 1. The highest BCUT2D eigenvalue weighted by atomic mass is 19.4. The van der Waals surface area contributed by atoms with Crippen molar-refractivity contribution in [1.82, 2.24) is 0 Å². The predicted molar refractivity (Wildman–Crippen MR) is 76.8 cm³/mol. The minimum atomic E-state index is -4.96. The van der Waals surface area contributed by atoms with Crippen LogP contribution in [0.3, 0.4) is 0 Å². The Bertz CT molecular complexity index is 571. The molecule has 0 aromatic heterocycles. The third-order valence-electron chi connectivity index (χ3n) is 3.97. The first kappa shape index (κ1) is 16.8. The molecular formula is C14H17BF3NO3. The number of carbonyl (C=O) groups is 1. The van der Waals surface area contributed by atoms with E-state index in [0.717, 1.165) is 0 Å². The molecule has 120 valence electrons. The van der Waals surface area contributed by atoms with Gasteiger partial charge in [0.25, 0.3) is 0 Å². The Kier molecular flexibility index (Phi) is 4.04. The van der Waals surface area contributed by atoms with Gasteiger partial charge in [-0.05, 0) is 33.8 Å². The summed E-state index contributed by atoms with van der Waals surface area (Å²) in [5.74, 6) is -2.03. The highest BCUT2D eigenvalue weighted by Gasteiger charge is 2.52. The molecule has 8 heteroatoms. The van der Waals surface area contributed by atoms with Gasteiger partial charge in [0.05, 0.1) is 11.2 Å². The van der Waals surface area contributed by atoms with E-state index in [4.69, 9.17) is 9.31 Å². The van der Waals surface area contributed by atoms with Crippen LogP contribution in [0.5, 0.6) is 0 Å². The molecule has 1 N–H and O–H groups in total. The molecule has 1 saturated heterocycles. The molecule has 22 heavy (non-hydrogen) atoms. The number of halogens is 3. The number of anilines is 1. The lowest BCUT2D eigenvalue weighted by Gasteiger charge is -2.32. The monoisotopic (exact) mass is 315 g/mol. The molecule has 1 fully saturated rings. The number of rotatable bonds is 2. The van der Waals surface area contributed by atoms with Crippen molar-refractivity contribution in [3.8, 4) is 0 Å². The normalized spacial score (nSPS) is 20.0. The summed E-state index contributed by atoms with van der Waals surface area (Å²) in [6, 6.07) is 6.11. The van der Waals surface area contributed by atoms with Crippen LogP contribution in [0.1, 0.15) is 27.7 Å². The number of hydrogen-bond donors (Lipinski definition) is 1. The maximum Gasteiger partial charge on any atom is 0.496 e. The fraction of sp³-hybridized carbons (Fsp3) is 0.500. The summed E-state index contributed by atoms with van der Waals surface area (Å²) in [6.45, 7) is 7.35. The molecule has 0 spiro atoms. The lowest BCUT2D eigenvalue weighted by molar-refractivity contribution is -0.167. The zero-order valence-corrected chi connectivity index (χ0v) is 12.7. The molecule has 1 aliphatic rings. The molecule has 0 aliphatic carbocycles. The van der Waals surface area contributed by atoms with Crippen molar-refractivity contribution in [3.05, 3.63) is 24.3 Å². The van der Waals surface area contributed by atoms with Gasteiger partial charge in [-0.1, -0.05) is 18.2 Å². The van der Waals surface area contributed by atoms with Gasteiger partial charge in [0, 0.05) is 11.2 Å². The van der Waals surface area contributed by atoms with E-state index in [2.05, 4.69) is 0 Å². The summed E-state index contributed by atoms with van der Waals surface area (Å²) < 4.78 is 48.9. The number of para-hydroxylation sites is 1. The van der Waals surface area contributed by atoms with Crippen molar-refractivity contribution in [2.24, 2.45) is 0 Å². The molecule has 2 rings (SSSR count). The Labute approximate surface area is 127 Å². The highest BCUT2D eigenvalue weighted by Crippen LogP contribution is 2.37. The lowest BCUT2D eigenvalue weighted by atomic mass is 9.78. The van der Waals surface area contributed by atoms with Gasteiger partial charge < -0.3 is 14.6 Å². The van der Waals surface area contributed by atoms with Crippen LogP contribution in [-0.2, 0) is 14.1 Å². The van der Waals surface area contributed by atoms with Crippen LogP contribution in [0, 0.1) is 0 Å². The smallest absolute Gasteiger partial charge is 0.399 e. The second kappa shape index (κ2) is 5.28. The molecule has 1 aromatic rings. The van der Waals surface area contributed by atoms with Crippen LogP contribution >= 0.6 is 0 Å². The molecule has 1 aliphatic heterocycles. The van der Waals surface area contributed by atoms with Gasteiger partial charge in [-0.25, -0.2) is 0 Å². The van der Waals surface area contributed by atoms with E-state index in [9.17, 15) is 18.0 Å². The largest absolute Gasteiger partial charge is 0.496 e. The van der Waals surface area contributed by atoms with E-state index < -0.39 is 30.4 Å². The van der Waals surface area contributed by atoms with Gasteiger partial charge in [-0.2, -0.15) is 13.2 Å². The first-order valence-corrected chi connectivity index (χ1v) is 6.77. The number of amides is 1. The minimum Gasteiger partial charge on any atom is -0.399 e. The maximum absolute atomic E-state index is 12.4. The van der Waals surface area contributed by atoms with Crippen molar-refractivity contribution < 1.29 is 27.3 Å². The third kappa shape index (κ3) is 3.12.